The molecule has 4 amide bonds. The Bertz CT molecular complexity index is 1740. The third-order valence-corrected chi connectivity index (χ3v) is 8.05. The smallest absolute Gasteiger partial charge is 0.308 e. The first kappa shape index (κ1) is 33.9. The number of hydrogen-bond donors (Lipinski definition) is 2. The molecule has 0 radical (unpaired) electrons. The number of carbonyl (C=O) groups is 6. The van der Waals surface area contributed by atoms with E-state index in [1.54, 1.807) is 51.1 Å². The number of ketones is 1. The molecule has 0 bridgehead atoms. The molecule has 3 aromatic rings. The maximum Gasteiger partial charge on any atom is 0.308 e. The number of Topliss-reactive ketones (excluding diaryl/α,β-unsaturated/α-hetero) is 1. The van der Waals surface area contributed by atoms with Gasteiger partial charge in [-0.15, -0.1) is 0 Å². The number of hydrogen-bond acceptors (Lipinski definition) is 9. The van der Waals surface area contributed by atoms with Crippen LogP contribution in [0.5, 0.6) is 0 Å². The first-order valence-electron chi connectivity index (χ1n) is 15.0. The first-order valence-corrected chi connectivity index (χ1v) is 15.8. The van der Waals surface area contributed by atoms with Crippen molar-refractivity contribution in [2.45, 2.75) is 76.6 Å². The van der Waals surface area contributed by atoms with Crippen LogP contribution in [0.3, 0.4) is 0 Å². The lowest BCUT2D eigenvalue weighted by Gasteiger charge is -2.43. The SMILES string of the molecule is CC(C)(C)OC(=O)C[C@H](NC(=O)[C@@H]1CCCN2C(=O)CC[C@H](NC(=O)c3ccccc3)C(=O)N12)C(=O)c1nc2cc(Cl)cc(Cl)c2o1. The molecule has 248 valence electrons. The van der Waals surface area contributed by atoms with Gasteiger partial charge in [0.25, 0.3) is 17.7 Å². The molecule has 13 nitrogen and oxygen atoms in total. The lowest BCUT2D eigenvalue weighted by Crippen LogP contribution is -2.64. The Morgan fingerprint density at radius 1 is 1.09 bits per heavy atom. The van der Waals surface area contributed by atoms with Gasteiger partial charge in [-0.1, -0.05) is 41.4 Å². The lowest BCUT2D eigenvalue weighted by molar-refractivity contribution is -0.176. The second kappa shape index (κ2) is 13.7. The van der Waals surface area contributed by atoms with Gasteiger partial charge < -0.3 is 19.8 Å². The molecule has 1 aromatic heterocycles. The molecule has 0 spiro atoms. The van der Waals surface area contributed by atoms with Crippen LogP contribution in [0.15, 0.2) is 46.9 Å². The van der Waals surface area contributed by atoms with Gasteiger partial charge in [0.1, 0.15) is 29.2 Å². The number of aromatic nitrogens is 1. The second-order valence-corrected chi connectivity index (χ2v) is 13.1. The Kier molecular flexibility index (Phi) is 9.87. The minimum atomic E-state index is -1.53. The molecule has 2 aromatic carbocycles. The fraction of sp³-hybridized carbons (Fsp3) is 0.406. The van der Waals surface area contributed by atoms with Gasteiger partial charge >= 0.3 is 5.97 Å². The van der Waals surface area contributed by atoms with Gasteiger partial charge in [-0.2, -0.15) is 0 Å². The Morgan fingerprint density at radius 3 is 2.51 bits per heavy atom. The quantitative estimate of drug-likeness (QED) is 0.264. The standard InChI is InChI=1S/C32H33Cl2N5O8/c1-32(2,3)47-25(41)16-21(26(42)30-37-22-15-18(33)14-19(34)27(22)46-30)36-29(44)23-10-7-13-38-24(40)12-11-20(31(45)39(23)38)35-28(43)17-8-5-4-6-9-17/h4-6,8-9,14-15,20-21,23H,7,10-13,16H2,1-3H3,(H,35,43)(H,36,44)/t20-,21-,23-/m0/s1. The van der Waals surface area contributed by atoms with Gasteiger partial charge in [0.15, 0.2) is 5.58 Å². The summed E-state index contributed by atoms with van der Waals surface area (Å²) < 4.78 is 11.0. The lowest BCUT2D eigenvalue weighted by atomic mass is 10.0. The summed E-state index contributed by atoms with van der Waals surface area (Å²) in [5, 5.41) is 7.89. The Morgan fingerprint density at radius 2 is 1.81 bits per heavy atom. The minimum absolute atomic E-state index is 0.0294. The number of amides is 4. The molecule has 2 saturated heterocycles. The molecule has 2 aliphatic rings. The highest BCUT2D eigenvalue weighted by Gasteiger charge is 2.45. The molecule has 2 fully saturated rings. The Hall–Kier alpha value is -4.49. The number of fused-ring (bicyclic) bond motifs is 2. The number of halogens is 2. The van der Waals surface area contributed by atoms with Crippen LogP contribution in [0.25, 0.3) is 11.1 Å². The highest BCUT2D eigenvalue weighted by Crippen LogP contribution is 2.30. The summed E-state index contributed by atoms with van der Waals surface area (Å²) in [6.45, 7) is 5.13. The van der Waals surface area contributed by atoms with Crippen molar-refractivity contribution in [2.24, 2.45) is 0 Å². The first-order chi connectivity index (χ1) is 22.2. The van der Waals surface area contributed by atoms with Crippen LogP contribution in [0.1, 0.15) is 73.9 Å². The van der Waals surface area contributed by atoms with Crippen molar-refractivity contribution in [1.29, 1.82) is 0 Å². The fourth-order valence-corrected chi connectivity index (χ4v) is 6.00. The normalized spacial score (nSPS) is 19.1. The van der Waals surface area contributed by atoms with E-state index in [4.69, 9.17) is 32.4 Å². The van der Waals surface area contributed by atoms with E-state index in [9.17, 15) is 28.8 Å². The topological polar surface area (TPSA) is 168 Å². The molecule has 0 aliphatic carbocycles. The third kappa shape index (κ3) is 7.74. The summed E-state index contributed by atoms with van der Waals surface area (Å²) in [6.07, 6.45) is -0.0785. The summed E-state index contributed by atoms with van der Waals surface area (Å²) >= 11 is 12.3. The molecular formula is C32H33Cl2N5O8. The average Bonchev–Trinajstić information content (AvgIpc) is 3.40. The summed E-state index contributed by atoms with van der Waals surface area (Å²) in [5.74, 6) is -4.44. The molecule has 0 unspecified atom stereocenters. The highest BCUT2D eigenvalue weighted by atomic mass is 35.5. The number of nitrogens with zero attached hydrogens (tertiary/aromatic N) is 3. The van der Waals surface area contributed by atoms with Crippen molar-refractivity contribution in [1.82, 2.24) is 25.6 Å². The molecule has 2 N–H and O–H groups in total. The number of ether oxygens (including phenoxy) is 1. The number of oxazole rings is 1. The van der Waals surface area contributed by atoms with Crippen LogP contribution in [0, 0.1) is 0 Å². The zero-order chi connectivity index (χ0) is 34.0. The van der Waals surface area contributed by atoms with E-state index in [-0.39, 0.29) is 47.0 Å². The van der Waals surface area contributed by atoms with Crippen LogP contribution in [0.4, 0.5) is 0 Å². The number of rotatable bonds is 8. The van der Waals surface area contributed by atoms with E-state index in [0.29, 0.717) is 12.0 Å². The number of nitrogens with one attached hydrogen (secondary N) is 2. The van der Waals surface area contributed by atoms with Crippen LogP contribution < -0.4 is 10.6 Å². The maximum atomic E-state index is 13.9. The van der Waals surface area contributed by atoms with Crippen molar-refractivity contribution in [3.05, 3.63) is 64.0 Å². The van der Waals surface area contributed by atoms with Crippen LogP contribution in [0.2, 0.25) is 10.0 Å². The Balaban J connectivity index is 1.42. The summed E-state index contributed by atoms with van der Waals surface area (Å²) in [5.41, 5.74) is -0.291. The van der Waals surface area contributed by atoms with Crippen molar-refractivity contribution in [3.8, 4) is 0 Å². The van der Waals surface area contributed by atoms with Crippen molar-refractivity contribution >= 4 is 69.7 Å². The summed E-state index contributed by atoms with van der Waals surface area (Å²) in [4.78, 5) is 84.7. The highest BCUT2D eigenvalue weighted by molar-refractivity contribution is 6.38. The second-order valence-electron chi connectivity index (χ2n) is 12.3. The largest absolute Gasteiger partial charge is 0.460 e. The monoisotopic (exact) mass is 685 g/mol. The summed E-state index contributed by atoms with van der Waals surface area (Å²) in [7, 11) is 0. The molecular weight excluding hydrogens is 653 g/mol. The zero-order valence-corrected chi connectivity index (χ0v) is 27.4. The van der Waals surface area contributed by atoms with Crippen LogP contribution in [-0.2, 0) is 23.9 Å². The van der Waals surface area contributed by atoms with Crippen molar-refractivity contribution < 1.29 is 37.9 Å². The molecule has 3 heterocycles. The molecule has 0 saturated carbocycles. The zero-order valence-electron chi connectivity index (χ0n) is 25.9. The maximum absolute atomic E-state index is 13.9. The summed E-state index contributed by atoms with van der Waals surface area (Å²) in [6, 6.07) is 7.28. The van der Waals surface area contributed by atoms with Crippen molar-refractivity contribution in [3.63, 3.8) is 0 Å². The van der Waals surface area contributed by atoms with E-state index < -0.39 is 71.4 Å². The minimum Gasteiger partial charge on any atom is -0.460 e. The van der Waals surface area contributed by atoms with Gasteiger partial charge in [-0.25, -0.2) is 9.99 Å². The predicted molar refractivity (Wildman–Crippen MR) is 169 cm³/mol. The van der Waals surface area contributed by atoms with Gasteiger partial charge in [0.05, 0.1) is 11.4 Å². The van der Waals surface area contributed by atoms with E-state index in [0.717, 1.165) is 5.01 Å². The number of esters is 1. The van der Waals surface area contributed by atoms with Crippen molar-refractivity contribution in [2.75, 3.05) is 6.54 Å². The van der Waals surface area contributed by atoms with E-state index >= 15 is 0 Å². The molecule has 3 atom stereocenters. The predicted octanol–water partition coefficient (Wildman–Crippen LogP) is 3.86. The van der Waals surface area contributed by atoms with Gasteiger partial charge in [0.2, 0.25) is 17.6 Å². The molecule has 5 rings (SSSR count). The van der Waals surface area contributed by atoms with E-state index in [1.165, 1.54) is 17.1 Å². The van der Waals surface area contributed by atoms with E-state index in [2.05, 4.69) is 15.6 Å². The van der Waals surface area contributed by atoms with Crippen LogP contribution in [-0.4, -0.2) is 80.7 Å². The fourth-order valence-electron chi connectivity index (χ4n) is 5.48. The van der Waals surface area contributed by atoms with E-state index in [1.807, 2.05) is 0 Å². The molecule has 47 heavy (non-hydrogen) atoms. The average molecular weight is 687 g/mol. The van der Waals surface area contributed by atoms with Gasteiger partial charge in [-0.3, -0.25) is 33.8 Å². The number of carbonyl (C=O) groups excluding carboxylic acids is 6. The van der Waals surface area contributed by atoms with Gasteiger partial charge in [0, 0.05) is 23.6 Å². The van der Waals surface area contributed by atoms with Crippen LogP contribution >= 0.6 is 23.2 Å². The number of benzene rings is 2. The number of hydrazine groups is 1. The molecule has 2 aliphatic heterocycles. The van der Waals surface area contributed by atoms with Gasteiger partial charge in [-0.05, 0) is 64.3 Å². The molecule has 15 heteroatoms. The third-order valence-electron chi connectivity index (χ3n) is 7.55. The Labute approximate surface area is 279 Å².